The summed E-state index contributed by atoms with van der Waals surface area (Å²) >= 11 is 3.41. The maximum atomic E-state index is 12.1. The van der Waals surface area contributed by atoms with E-state index in [1.165, 1.54) is 0 Å². The predicted octanol–water partition coefficient (Wildman–Crippen LogP) is 2.22. The van der Waals surface area contributed by atoms with Crippen molar-refractivity contribution in [2.45, 2.75) is 31.4 Å². The van der Waals surface area contributed by atoms with Crippen molar-refractivity contribution in [2.24, 2.45) is 0 Å². The number of benzene rings is 1. The number of carbonyl (C=O) groups excluding carboxylic acids is 1. The van der Waals surface area contributed by atoms with E-state index in [4.69, 9.17) is 4.74 Å². The van der Waals surface area contributed by atoms with Crippen LogP contribution in [0, 0.1) is 0 Å². The van der Waals surface area contributed by atoms with Crippen LogP contribution < -0.4 is 5.32 Å². The first-order chi connectivity index (χ1) is 11.0. The number of hydrogen-bond donors (Lipinski definition) is 3. The van der Waals surface area contributed by atoms with Crippen LogP contribution in [0.3, 0.4) is 0 Å². The van der Waals surface area contributed by atoms with Gasteiger partial charge in [0.05, 0.1) is 0 Å². The molecule has 0 spiro atoms. The van der Waals surface area contributed by atoms with Crippen LogP contribution in [0.1, 0.15) is 18.4 Å². The summed E-state index contributed by atoms with van der Waals surface area (Å²) in [6.07, 6.45) is 2.92. The van der Waals surface area contributed by atoms with E-state index in [0.717, 1.165) is 27.4 Å². The molecule has 1 saturated heterocycles. The molecular weight excluding hydrogens is 364 g/mol. The summed E-state index contributed by atoms with van der Waals surface area (Å²) in [5.74, 6) is -1.41. The largest absolute Gasteiger partial charge is 0.480 e. The molecule has 1 aromatic carbocycles. The third-order valence-corrected chi connectivity index (χ3v) is 4.48. The molecule has 0 unspecified atom stereocenters. The number of ether oxygens (including phenoxy) is 1. The highest BCUT2D eigenvalue weighted by molar-refractivity contribution is 9.10. The van der Waals surface area contributed by atoms with Gasteiger partial charge in [0.1, 0.15) is 12.1 Å². The fourth-order valence-corrected chi connectivity index (χ4v) is 3.15. The molecule has 0 saturated carbocycles. The maximum Gasteiger partial charge on any atom is 0.326 e. The molecule has 1 fully saturated rings. The third-order valence-electron chi connectivity index (χ3n) is 3.99. The van der Waals surface area contributed by atoms with E-state index in [2.05, 4.69) is 26.2 Å². The molecule has 0 aliphatic carbocycles. The van der Waals surface area contributed by atoms with Crippen LogP contribution in [0.2, 0.25) is 0 Å². The topological polar surface area (TPSA) is 91.4 Å². The second-order valence-electron chi connectivity index (χ2n) is 5.61. The Hall–Kier alpha value is -1.86. The van der Waals surface area contributed by atoms with Crippen molar-refractivity contribution in [3.8, 4) is 0 Å². The summed E-state index contributed by atoms with van der Waals surface area (Å²) in [6.45, 7) is 0.548. The lowest BCUT2D eigenvalue weighted by Crippen LogP contribution is -2.46. The van der Waals surface area contributed by atoms with E-state index in [1.54, 1.807) is 6.20 Å². The number of carbonyl (C=O) groups is 2. The molecule has 7 heteroatoms. The molecule has 0 bridgehead atoms. The molecule has 2 aromatic rings. The molecule has 122 valence electrons. The van der Waals surface area contributed by atoms with Gasteiger partial charge in [0, 0.05) is 34.6 Å². The number of hydrogen-bond acceptors (Lipinski definition) is 3. The van der Waals surface area contributed by atoms with Gasteiger partial charge in [0.25, 0.3) is 0 Å². The van der Waals surface area contributed by atoms with Gasteiger partial charge in [-0.15, -0.1) is 0 Å². The number of rotatable bonds is 5. The second kappa shape index (κ2) is 6.72. The van der Waals surface area contributed by atoms with Crippen LogP contribution in [0.25, 0.3) is 10.9 Å². The van der Waals surface area contributed by atoms with Gasteiger partial charge in [0.2, 0.25) is 5.91 Å². The highest BCUT2D eigenvalue weighted by atomic mass is 79.9. The summed E-state index contributed by atoms with van der Waals surface area (Å²) < 4.78 is 6.22. The number of carboxylic acids is 1. The standard InChI is InChI=1S/C16H17BrN2O4/c17-10-3-4-12-11(7-10)9(8-18-12)6-13(16(21)22)19-15(20)14-2-1-5-23-14/h3-4,7-8,13-14,18H,1-2,5-6H2,(H,19,20)(H,21,22)/t13-,14-/m0/s1. The van der Waals surface area contributed by atoms with E-state index in [-0.39, 0.29) is 12.3 Å². The first kappa shape index (κ1) is 16.0. The fraction of sp³-hybridized carbons (Fsp3) is 0.375. The van der Waals surface area contributed by atoms with Crippen molar-refractivity contribution < 1.29 is 19.4 Å². The van der Waals surface area contributed by atoms with E-state index >= 15 is 0 Å². The van der Waals surface area contributed by atoms with Gasteiger partial charge in [0.15, 0.2) is 0 Å². The number of aromatic amines is 1. The zero-order valence-electron chi connectivity index (χ0n) is 12.3. The van der Waals surface area contributed by atoms with Gasteiger partial charge in [-0.25, -0.2) is 4.79 Å². The molecule has 0 radical (unpaired) electrons. The highest BCUT2D eigenvalue weighted by Crippen LogP contribution is 2.24. The SMILES string of the molecule is O=C(O)[C@H](Cc1c[nH]c2ccc(Br)cc12)NC(=O)[C@@H]1CCCO1. The molecule has 2 heterocycles. The van der Waals surface area contributed by atoms with Crippen molar-refractivity contribution in [2.75, 3.05) is 6.61 Å². The Kier molecular flexibility index (Phi) is 4.68. The number of aliphatic carboxylic acids is 1. The van der Waals surface area contributed by atoms with Crippen molar-refractivity contribution in [1.82, 2.24) is 10.3 Å². The smallest absolute Gasteiger partial charge is 0.326 e. The van der Waals surface area contributed by atoms with Crippen LogP contribution in [0.4, 0.5) is 0 Å². The van der Waals surface area contributed by atoms with Crippen molar-refractivity contribution in [3.63, 3.8) is 0 Å². The van der Waals surface area contributed by atoms with Crippen LogP contribution in [0.15, 0.2) is 28.9 Å². The summed E-state index contributed by atoms with van der Waals surface area (Å²) in [6, 6.07) is 4.78. The molecule has 3 N–H and O–H groups in total. The molecular formula is C16H17BrN2O4. The number of amides is 1. The maximum absolute atomic E-state index is 12.1. The lowest BCUT2D eigenvalue weighted by molar-refractivity contribution is -0.143. The summed E-state index contributed by atoms with van der Waals surface area (Å²) in [7, 11) is 0. The van der Waals surface area contributed by atoms with Crippen LogP contribution in [-0.2, 0) is 20.7 Å². The molecule has 2 atom stereocenters. The number of carboxylic acid groups (broad SMARTS) is 1. The van der Waals surface area contributed by atoms with E-state index in [1.807, 2.05) is 18.2 Å². The van der Waals surface area contributed by atoms with Gasteiger partial charge < -0.3 is 20.1 Å². The molecule has 3 rings (SSSR count). The molecule has 1 amide bonds. The average molecular weight is 381 g/mol. The number of nitrogens with one attached hydrogen (secondary N) is 2. The number of aromatic nitrogens is 1. The molecule has 1 aliphatic heterocycles. The summed E-state index contributed by atoms with van der Waals surface area (Å²) in [5.41, 5.74) is 1.78. The van der Waals surface area contributed by atoms with E-state index in [0.29, 0.717) is 13.0 Å². The number of halogens is 1. The van der Waals surface area contributed by atoms with Gasteiger partial charge in [-0.05, 0) is 36.6 Å². The predicted molar refractivity (Wildman–Crippen MR) is 88.2 cm³/mol. The second-order valence-corrected chi connectivity index (χ2v) is 6.52. The average Bonchev–Trinajstić information content (AvgIpc) is 3.16. The summed E-state index contributed by atoms with van der Waals surface area (Å²) in [5, 5.41) is 12.9. The van der Waals surface area contributed by atoms with Crippen molar-refractivity contribution in [1.29, 1.82) is 0 Å². The van der Waals surface area contributed by atoms with Gasteiger partial charge in [-0.1, -0.05) is 15.9 Å². The Morgan fingerprint density at radius 2 is 2.30 bits per heavy atom. The zero-order valence-corrected chi connectivity index (χ0v) is 13.9. The van der Waals surface area contributed by atoms with Crippen molar-refractivity contribution >= 4 is 38.7 Å². The molecule has 6 nitrogen and oxygen atoms in total. The first-order valence-corrected chi connectivity index (χ1v) is 8.24. The van der Waals surface area contributed by atoms with Crippen LogP contribution in [-0.4, -0.2) is 40.7 Å². The minimum Gasteiger partial charge on any atom is -0.480 e. The monoisotopic (exact) mass is 380 g/mol. The van der Waals surface area contributed by atoms with Gasteiger partial charge in [-0.2, -0.15) is 0 Å². The van der Waals surface area contributed by atoms with Crippen molar-refractivity contribution in [3.05, 3.63) is 34.4 Å². The number of H-pyrrole nitrogens is 1. The van der Waals surface area contributed by atoms with Gasteiger partial charge >= 0.3 is 5.97 Å². The Morgan fingerprint density at radius 1 is 1.48 bits per heavy atom. The Balaban J connectivity index is 1.77. The molecule has 23 heavy (non-hydrogen) atoms. The minimum atomic E-state index is -1.05. The Labute approximate surface area is 141 Å². The summed E-state index contributed by atoms with van der Waals surface area (Å²) in [4.78, 5) is 26.7. The zero-order chi connectivity index (χ0) is 16.4. The van der Waals surface area contributed by atoms with Crippen LogP contribution in [0.5, 0.6) is 0 Å². The van der Waals surface area contributed by atoms with Gasteiger partial charge in [-0.3, -0.25) is 4.79 Å². The van der Waals surface area contributed by atoms with E-state index in [9.17, 15) is 14.7 Å². The lowest BCUT2D eigenvalue weighted by atomic mass is 10.0. The minimum absolute atomic E-state index is 0.213. The van der Waals surface area contributed by atoms with Crippen LogP contribution >= 0.6 is 15.9 Å². The molecule has 1 aromatic heterocycles. The lowest BCUT2D eigenvalue weighted by Gasteiger charge is -2.17. The van der Waals surface area contributed by atoms with E-state index < -0.39 is 18.1 Å². The quantitative estimate of drug-likeness (QED) is 0.741. The number of fused-ring (bicyclic) bond motifs is 1. The third kappa shape index (κ3) is 3.56. The first-order valence-electron chi connectivity index (χ1n) is 7.45. The fourth-order valence-electron chi connectivity index (χ4n) is 2.79. The highest BCUT2D eigenvalue weighted by Gasteiger charge is 2.28. The molecule has 1 aliphatic rings. The Bertz CT molecular complexity index is 737. The normalized spacial score (nSPS) is 18.9. The Morgan fingerprint density at radius 3 is 3.00 bits per heavy atom.